The smallest absolute Gasteiger partial charge is 0.140 e. The quantitative estimate of drug-likeness (QED) is 0.629. The molecule has 0 aromatic heterocycles. The Morgan fingerprint density at radius 2 is 2.21 bits per heavy atom. The predicted octanol–water partition coefficient (Wildman–Crippen LogP) is 2.05. The molecule has 0 bridgehead atoms. The largest absolute Gasteiger partial charge is 0.381 e. The van der Waals surface area contributed by atoms with Crippen LogP contribution in [0.5, 0.6) is 0 Å². The Morgan fingerprint density at radius 1 is 1.50 bits per heavy atom. The van der Waals surface area contributed by atoms with Crippen LogP contribution in [0.3, 0.4) is 0 Å². The maximum atomic E-state index is 11.8. The van der Waals surface area contributed by atoms with E-state index in [1.165, 1.54) is 0 Å². The Hall–Kier alpha value is -0.630. The van der Waals surface area contributed by atoms with Gasteiger partial charge in [-0.25, -0.2) is 0 Å². The number of carbonyl (C=O) groups excluding carboxylic acids is 1. The summed E-state index contributed by atoms with van der Waals surface area (Å²) in [6.07, 6.45) is 0.709. The van der Waals surface area contributed by atoms with Crippen LogP contribution >= 0.6 is 0 Å². The molecule has 3 atom stereocenters. The first kappa shape index (κ1) is 9.91. The number of ether oxygens (including phenoxy) is 1. The molecule has 1 heterocycles. The highest BCUT2D eigenvalue weighted by Gasteiger charge is 2.46. The zero-order valence-electron chi connectivity index (χ0n) is 8.95. The average Bonchev–Trinajstić information content (AvgIpc) is 2.62. The van der Waals surface area contributed by atoms with Gasteiger partial charge in [0.15, 0.2) is 0 Å². The van der Waals surface area contributed by atoms with Gasteiger partial charge >= 0.3 is 0 Å². The van der Waals surface area contributed by atoms with Crippen molar-refractivity contribution in [3.8, 4) is 0 Å². The second kappa shape index (κ2) is 3.50. The third-order valence-electron chi connectivity index (χ3n) is 3.63. The highest BCUT2D eigenvalue weighted by Crippen LogP contribution is 2.43. The van der Waals surface area contributed by atoms with Crippen molar-refractivity contribution >= 4 is 5.78 Å². The average molecular weight is 194 g/mol. The summed E-state index contributed by atoms with van der Waals surface area (Å²) in [5.41, 5.74) is 1.10. The van der Waals surface area contributed by atoms with Gasteiger partial charge in [0.1, 0.15) is 5.78 Å². The molecule has 0 unspecified atom stereocenters. The number of allylic oxidation sites excluding steroid dienone is 1. The maximum Gasteiger partial charge on any atom is 0.140 e. The third-order valence-corrected chi connectivity index (χ3v) is 3.63. The van der Waals surface area contributed by atoms with E-state index in [1.54, 1.807) is 0 Å². The van der Waals surface area contributed by atoms with Crippen LogP contribution in [0, 0.1) is 23.7 Å². The molecule has 2 fully saturated rings. The van der Waals surface area contributed by atoms with Crippen LogP contribution in [0.25, 0.3) is 0 Å². The fraction of sp³-hybridized carbons (Fsp3) is 0.750. The number of fused-ring (bicyclic) bond motifs is 1. The molecule has 0 aromatic rings. The van der Waals surface area contributed by atoms with Gasteiger partial charge in [-0.15, -0.1) is 0 Å². The molecule has 1 saturated carbocycles. The summed E-state index contributed by atoms with van der Waals surface area (Å²) in [6.45, 7) is 9.82. The van der Waals surface area contributed by atoms with Crippen LogP contribution in [-0.2, 0) is 9.53 Å². The standard InChI is InChI=1S/C12H18O2/c1-7(2)8(3)12-10-6-14-5-9(10)4-11(12)13/h7,9-10,12H,3-6H2,1-2H3/t9-,10+,12-/m0/s1. The summed E-state index contributed by atoms with van der Waals surface area (Å²) < 4.78 is 5.43. The van der Waals surface area contributed by atoms with Gasteiger partial charge in [0.05, 0.1) is 13.2 Å². The highest BCUT2D eigenvalue weighted by atomic mass is 16.5. The molecule has 0 aromatic carbocycles. The topological polar surface area (TPSA) is 26.3 Å². The molecule has 1 saturated heterocycles. The molecular weight excluding hydrogens is 176 g/mol. The van der Waals surface area contributed by atoms with Gasteiger partial charge in [0.2, 0.25) is 0 Å². The minimum atomic E-state index is 0.0856. The van der Waals surface area contributed by atoms with E-state index in [0.717, 1.165) is 18.8 Å². The molecule has 14 heavy (non-hydrogen) atoms. The number of carbonyl (C=O) groups is 1. The number of rotatable bonds is 2. The lowest BCUT2D eigenvalue weighted by Gasteiger charge is -2.21. The van der Waals surface area contributed by atoms with Crippen LogP contribution in [-0.4, -0.2) is 19.0 Å². The van der Waals surface area contributed by atoms with Crippen molar-refractivity contribution in [1.29, 1.82) is 0 Å². The molecule has 2 aliphatic rings. The SMILES string of the molecule is C=C(C(C)C)[C@@H]1C(=O)C[C@H]2COC[C@H]21. The summed E-state index contributed by atoms with van der Waals surface area (Å²) in [4.78, 5) is 11.8. The lowest BCUT2D eigenvalue weighted by molar-refractivity contribution is -0.121. The Balaban J connectivity index is 2.17. The summed E-state index contributed by atoms with van der Waals surface area (Å²) in [5.74, 6) is 1.79. The van der Waals surface area contributed by atoms with Gasteiger partial charge in [0, 0.05) is 18.3 Å². The number of hydrogen-bond donors (Lipinski definition) is 0. The Kier molecular flexibility index (Phi) is 2.48. The monoisotopic (exact) mass is 194 g/mol. The van der Waals surface area contributed by atoms with Crippen LogP contribution in [0.15, 0.2) is 12.2 Å². The summed E-state index contributed by atoms with van der Waals surface area (Å²) in [7, 11) is 0. The predicted molar refractivity (Wildman–Crippen MR) is 54.9 cm³/mol. The van der Waals surface area contributed by atoms with Crippen molar-refractivity contribution in [2.24, 2.45) is 23.7 Å². The van der Waals surface area contributed by atoms with Crippen molar-refractivity contribution in [3.05, 3.63) is 12.2 Å². The lowest BCUT2D eigenvalue weighted by atomic mass is 9.82. The maximum absolute atomic E-state index is 11.8. The van der Waals surface area contributed by atoms with Crippen LogP contribution < -0.4 is 0 Å². The molecule has 2 nitrogen and oxygen atoms in total. The molecule has 1 aliphatic heterocycles. The molecule has 1 aliphatic carbocycles. The van der Waals surface area contributed by atoms with E-state index >= 15 is 0 Å². The lowest BCUT2D eigenvalue weighted by Crippen LogP contribution is -2.22. The van der Waals surface area contributed by atoms with Gasteiger partial charge in [-0.05, 0) is 11.8 Å². The van der Waals surface area contributed by atoms with Gasteiger partial charge in [-0.2, -0.15) is 0 Å². The minimum Gasteiger partial charge on any atom is -0.381 e. The summed E-state index contributed by atoms with van der Waals surface area (Å²) in [5, 5.41) is 0. The van der Waals surface area contributed by atoms with Gasteiger partial charge in [-0.3, -0.25) is 4.79 Å². The molecule has 0 amide bonds. The molecule has 2 heteroatoms. The first-order valence-electron chi connectivity index (χ1n) is 5.40. The third kappa shape index (κ3) is 1.42. The zero-order valence-corrected chi connectivity index (χ0v) is 8.95. The van der Waals surface area contributed by atoms with Crippen molar-refractivity contribution in [2.45, 2.75) is 20.3 Å². The van der Waals surface area contributed by atoms with Crippen molar-refractivity contribution < 1.29 is 9.53 Å². The van der Waals surface area contributed by atoms with Gasteiger partial charge in [0.25, 0.3) is 0 Å². The second-order valence-electron chi connectivity index (χ2n) is 4.84. The molecule has 0 radical (unpaired) electrons. The summed E-state index contributed by atoms with van der Waals surface area (Å²) >= 11 is 0. The zero-order chi connectivity index (χ0) is 10.3. The Morgan fingerprint density at radius 3 is 2.86 bits per heavy atom. The van der Waals surface area contributed by atoms with Crippen LogP contribution in [0.1, 0.15) is 20.3 Å². The van der Waals surface area contributed by atoms with E-state index in [9.17, 15) is 4.79 Å². The molecule has 78 valence electrons. The molecular formula is C12H18O2. The molecule has 0 spiro atoms. The molecule has 0 N–H and O–H groups in total. The van der Waals surface area contributed by atoms with Crippen molar-refractivity contribution in [1.82, 2.24) is 0 Å². The Labute approximate surface area is 85.3 Å². The number of Topliss-reactive ketones (excluding diaryl/α,β-unsaturated/α-hetero) is 1. The van der Waals surface area contributed by atoms with E-state index in [2.05, 4.69) is 20.4 Å². The highest BCUT2D eigenvalue weighted by molar-refractivity contribution is 5.86. The van der Waals surface area contributed by atoms with E-state index in [-0.39, 0.29) is 5.92 Å². The van der Waals surface area contributed by atoms with Gasteiger partial charge in [-0.1, -0.05) is 26.0 Å². The Bertz CT molecular complexity index is 267. The number of ketones is 1. The van der Waals surface area contributed by atoms with Gasteiger partial charge < -0.3 is 4.74 Å². The second-order valence-corrected chi connectivity index (χ2v) is 4.84. The summed E-state index contributed by atoms with van der Waals surface area (Å²) in [6, 6.07) is 0. The molecule has 2 rings (SSSR count). The van der Waals surface area contributed by atoms with Crippen molar-refractivity contribution in [2.75, 3.05) is 13.2 Å². The fourth-order valence-corrected chi connectivity index (χ4v) is 2.66. The minimum absolute atomic E-state index is 0.0856. The van der Waals surface area contributed by atoms with E-state index in [1.807, 2.05) is 0 Å². The van der Waals surface area contributed by atoms with Crippen LogP contribution in [0.4, 0.5) is 0 Å². The van der Waals surface area contributed by atoms with E-state index in [0.29, 0.717) is 30.0 Å². The normalized spacial score (nSPS) is 36.5. The number of hydrogen-bond acceptors (Lipinski definition) is 2. The van der Waals surface area contributed by atoms with E-state index in [4.69, 9.17) is 4.74 Å². The first-order valence-corrected chi connectivity index (χ1v) is 5.40. The fourth-order valence-electron chi connectivity index (χ4n) is 2.66. The van der Waals surface area contributed by atoms with E-state index < -0.39 is 0 Å². The van der Waals surface area contributed by atoms with Crippen LogP contribution in [0.2, 0.25) is 0 Å². The first-order chi connectivity index (χ1) is 6.61. The van der Waals surface area contributed by atoms with Crippen molar-refractivity contribution in [3.63, 3.8) is 0 Å².